The van der Waals surface area contributed by atoms with Gasteiger partial charge in [-0.05, 0) is 36.3 Å². The van der Waals surface area contributed by atoms with Crippen LogP contribution in [0.3, 0.4) is 0 Å². The molecule has 3 N–H and O–H groups in total. The van der Waals surface area contributed by atoms with E-state index in [1.54, 1.807) is 11.8 Å². The van der Waals surface area contributed by atoms with Crippen molar-refractivity contribution in [1.82, 2.24) is 16.0 Å². The number of unbranched alkanes of at least 4 members (excludes halogenated alkanes) is 1. The van der Waals surface area contributed by atoms with Crippen molar-refractivity contribution in [3.8, 4) is 11.8 Å². The lowest BCUT2D eigenvalue weighted by Gasteiger charge is -2.10. The number of thiocarbonyl (C=S) groups is 1. The molecule has 8 heteroatoms. The van der Waals surface area contributed by atoms with Crippen LogP contribution in [0.15, 0.2) is 29.3 Å². The first-order valence-corrected chi connectivity index (χ1v) is 10.2. The van der Waals surface area contributed by atoms with E-state index >= 15 is 0 Å². The first kappa shape index (κ1) is 19.4. The fourth-order valence-electron chi connectivity index (χ4n) is 2.97. The maximum Gasteiger partial charge on any atom is 0.315 e. The smallest absolute Gasteiger partial charge is 0.315 e. The molecule has 0 saturated carbocycles. The summed E-state index contributed by atoms with van der Waals surface area (Å²) in [4.78, 5) is 27.1. The van der Waals surface area contributed by atoms with E-state index in [0.717, 1.165) is 23.4 Å². The normalized spacial score (nSPS) is 22.5. The summed E-state index contributed by atoms with van der Waals surface area (Å²) in [5.41, 5.74) is 1.75. The number of isothiocyanates is 1. The molecule has 3 amide bonds. The Labute approximate surface area is 168 Å². The molecule has 3 atom stereocenters. The van der Waals surface area contributed by atoms with E-state index in [0.29, 0.717) is 19.4 Å². The van der Waals surface area contributed by atoms with Gasteiger partial charge in [-0.15, -0.1) is 17.7 Å². The summed E-state index contributed by atoms with van der Waals surface area (Å²) in [5, 5.41) is 11.2. The molecule has 3 rings (SSSR count). The Hall–Kier alpha value is -2.33. The predicted octanol–water partition coefficient (Wildman–Crippen LogP) is 2.38. The molecular formula is C19H20N4O2S2. The molecule has 0 aliphatic carbocycles. The van der Waals surface area contributed by atoms with E-state index in [1.165, 1.54) is 0 Å². The number of hydrogen-bond donors (Lipinski definition) is 3. The van der Waals surface area contributed by atoms with Crippen LogP contribution in [0.1, 0.15) is 24.8 Å². The van der Waals surface area contributed by atoms with Crippen LogP contribution in [-0.4, -0.2) is 40.2 Å². The van der Waals surface area contributed by atoms with Crippen LogP contribution in [0, 0.1) is 11.8 Å². The summed E-state index contributed by atoms with van der Waals surface area (Å²) < 4.78 is 0. The van der Waals surface area contributed by atoms with Gasteiger partial charge in [0.25, 0.3) is 0 Å². The highest BCUT2D eigenvalue weighted by Gasteiger charge is 2.42. The fraction of sp³-hybridized carbons (Fsp3) is 0.421. The van der Waals surface area contributed by atoms with Gasteiger partial charge in [-0.1, -0.05) is 18.1 Å². The molecule has 2 aliphatic heterocycles. The van der Waals surface area contributed by atoms with Gasteiger partial charge in [0.15, 0.2) is 0 Å². The zero-order valence-corrected chi connectivity index (χ0v) is 16.3. The molecule has 0 radical (unpaired) electrons. The van der Waals surface area contributed by atoms with Crippen molar-refractivity contribution < 1.29 is 9.59 Å². The second kappa shape index (κ2) is 9.56. The number of benzene rings is 1. The quantitative estimate of drug-likeness (QED) is 0.225. The maximum absolute atomic E-state index is 11.9. The van der Waals surface area contributed by atoms with Crippen LogP contribution in [0.2, 0.25) is 0 Å². The van der Waals surface area contributed by atoms with Crippen molar-refractivity contribution in [3.05, 3.63) is 29.8 Å². The number of aliphatic imine (C=N–C) groups is 1. The molecule has 2 aliphatic rings. The van der Waals surface area contributed by atoms with Gasteiger partial charge in [0.2, 0.25) is 5.91 Å². The van der Waals surface area contributed by atoms with Crippen LogP contribution >= 0.6 is 24.0 Å². The molecule has 2 saturated heterocycles. The van der Waals surface area contributed by atoms with Crippen molar-refractivity contribution in [2.45, 2.75) is 43.1 Å². The number of amides is 3. The summed E-state index contributed by atoms with van der Waals surface area (Å²) in [7, 11) is 0. The van der Waals surface area contributed by atoms with Gasteiger partial charge in [-0.2, -0.15) is 4.99 Å². The third-order valence-corrected chi connectivity index (χ3v) is 5.79. The van der Waals surface area contributed by atoms with Gasteiger partial charge in [0.05, 0.1) is 28.2 Å². The first-order chi connectivity index (χ1) is 13.2. The average molecular weight is 401 g/mol. The molecule has 1 aromatic carbocycles. The van der Waals surface area contributed by atoms with Crippen molar-refractivity contribution in [3.63, 3.8) is 0 Å². The Kier molecular flexibility index (Phi) is 6.88. The molecule has 0 spiro atoms. The van der Waals surface area contributed by atoms with E-state index in [-0.39, 0.29) is 29.3 Å². The average Bonchev–Trinajstić information content (AvgIpc) is 3.21. The van der Waals surface area contributed by atoms with Crippen LogP contribution in [0.5, 0.6) is 0 Å². The van der Waals surface area contributed by atoms with E-state index < -0.39 is 0 Å². The Morgan fingerprint density at radius 2 is 2.15 bits per heavy atom. The van der Waals surface area contributed by atoms with E-state index in [4.69, 9.17) is 0 Å². The van der Waals surface area contributed by atoms with Gasteiger partial charge < -0.3 is 16.0 Å². The zero-order valence-electron chi connectivity index (χ0n) is 14.7. The van der Waals surface area contributed by atoms with E-state index in [1.807, 2.05) is 24.3 Å². The number of urea groups is 1. The minimum Gasteiger partial charge on any atom is -0.352 e. The van der Waals surface area contributed by atoms with Gasteiger partial charge in [-0.25, -0.2) is 4.79 Å². The number of hydrogen-bond acceptors (Lipinski definition) is 5. The lowest BCUT2D eigenvalue weighted by Crippen LogP contribution is -2.36. The van der Waals surface area contributed by atoms with Crippen LogP contribution in [0.25, 0.3) is 0 Å². The highest BCUT2D eigenvalue weighted by atomic mass is 32.2. The van der Waals surface area contributed by atoms with Gasteiger partial charge in [0.1, 0.15) is 0 Å². The molecule has 1 aromatic rings. The van der Waals surface area contributed by atoms with Gasteiger partial charge in [0, 0.05) is 25.1 Å². The van der Waals surface area contributed by atoms with E-state index in [2.05, 4.69) is 50.2 Å². The maximum atomic E-state index is 11.9. The van der Waals surface area contributed by atoms with Crippen molar-refractivity contribution >= 4 is 46.8 Å². The van der Waals surface area contributed by atoms with Crippen LogP contribution in [-0.2, 0) is 11.3 Å². The molecule has 0 aromatic heterocycles. The van der Waals surface area contributed by atoms with Crippen molar-refractivity contribution in [2.75, 3.05) is 5.75 Å². The number of nitrogens with zero attached hydrogens (tertiary/aromatic N) is 1. The van der Waals surface area contributed by atoms with Crippen LogP contribution in [0.4, 0.5) is 10.5 Å². The molecule has 2 fully saturated rings. The summed E-state index contributed by atoms with van der Waals surface area (Å²) in [6.45, 7) is 0.487. The van der Waals surface area contributed by atoms with E-state index in [9.17, 15) is 9.59 Å². The summed E-state index contributed by atoms with van der Waals surface area (Å²) in [6, 6.07) is 7.66. The summed E-state index contributed by atoms with van der Waals surface area (Å²) >= 11 is 6.33. The number of rotatable bonds is 6. The number of carbonyl (C=O) groups excluding carboxylic acids is 2. The first-order valence-electron chi connectivity index (χ1n) is 8.76. The van der Waals surface area contributed by atoms with Crippen molar-refractivity contribution in [1.29, 1.82) is 0 Å². The Morgan fingerprint density at radius 1 is 1.33 bits per heavy atom. The summed E-state index contributed by atoms with van der Waals surface area (Å²) in [6.07, 6.45) is 1.84. The minimum absolute atomic E-state index is 0.0142. The number of thioether (sulfide) groups is 1. The summed E-state index contributed by atoms with van der Waals surface area (Å²) in [5.74, 6) is 7.28. The highest BCUT2D eigenvalue weighted by molar-refractivity contribution is 8.00. The molecule has 6 nitrogen and oxygen atoms in total. The Bertz CT molecular complexity index is 809. The lowest BCUT2D eigenvalue weighted by atomic mass is 10.1. The number of carbonyl (C=O) groups is 2. The van der Waals surface area contributed by atoms with Gasteiger partial charge in [-0.3, -0.25) is 4.79 Å². The molecule has 27 heavy (non-hydrogen) atoms. The van der Waals surface area contributed by atoms with Crippen molar-refractivity contribution in [2.24, 2.45) is 4.99 Å². The van der Waals surface area contributed by atoms with Gasteiger partial charge >= 0.3 is 6.03 Å². The number of nitrogens with one attached hydrogen (secondary N) is 3. The molecular weight excluding hydrogens is 380 g/mol. The number of fused-ring (bicyclic) bond motifs is 1. The minimum atomic E-state index is -0.102. The molecule has 140 valence electrons. The van der Waals surface area contributed by atoms with Crippen LogP contribution < -0.4 is 16.0 Å². The fourth-order valence-corrected chi connectivity index (χ4v) is 4.41. The highest BCUT2D eigenvalue weighted by Crippen LogP contribution is 2.29. The largest absolute Gasteiger partial charge is 0.352 e. The zero-order chi connectivity index (χ0) is 19.1. The standard InChI is InChI=1S/C19H20N4O2S2/c24-17(20-10-13-6-8-14(9-7-13)21-12-26)5-3-1-2-4-16-18-15(11-27-16)22-19(25)23-18/h6-9,15-16,18H,1,3,5,10-11H2,(H,20,24)(H2,22,23,25)/t15-,16?,18-/m0/s1. The molecule has 1 unspecified atom stereocenters. The molecule has 2 heterocycles. The second-order valence-corrected chi connectivity index (χ2v) is 7.68. The Morgan fingerprint density at radius 3 is 2.93 bits per heavy atom. The Balaban J connectivity index is 1.33. The second-order valence-electron chi connectivity index (χ2n) is 6.32. The third kappa shape index (κ3) is 5.57. The SMILES string of the molecule is O=C(CCCC#CC1SC[C@@H]2NC(=O)N[C@H]12)NCc1ccc(N=C=S)cc1. The third-order valence-electron chi connectivity index (χ3n) is 4.38. The predicted molar refractivity (Wildman–Crippen MR) is 110 cm³/mol. The lowest BCUT2D eigenvalue weighted by molar-refractivity contribution is -0.121. The molecule has 0 bridgehead atoms. The topological polar surface area (TPSA) is 82.6 Å². The monoisotopic (exact) mass is 400 g/mol.